The number of ether oxygens (including phenoxy) is 1. The second-order valence-electron chi connectivity index (χ2n) is 7.87. The van der Waals surface area contributed by atoms with Gasteiger partial charge in [-0.25, -0.2) is 0 Å². The smallest absolute Gasteiger partial charge is 0.123 e. The minimum Gasteiger partial charge on any atom is -0.508 e. The molecule has 0 aromatic heterocycles. The minimum absolute atomic E-state index is 0.00839. The summed E-state index contributed by atoms with van der Waals surface area (Å²) in [6.07, 6.45) is 6.37. The number of hydrogen-bond acceptors (Lipinski definition) is 3. The third-order valence-corrected chi connectivity index (χ3v) is 5.88. The fraction of sp³-hybridized carbons (Fsp3) is 0.619. The van der Waals surface area contributed by atoms with E-state index in [1.165, 1.54) is 0 Å². The summed E-state index contributed by atoms with van der Waals surface area (Å²) in [4.78, 5) is 0. The molecule has 0 spiro atoms. The Morgan fingerprint density at radius 3 is 2.54 bits per heavy atom. The molecule has 0 radical (unpaired) electrons. The fourth-order valence-electron chi connectivity index (χ4n) is 4.39. The van der Waals surface area contributed by atoms with Crippen molar-refractivity contribution in [3.05, 3.63) is 35.4 Å². The van der Waals surface area contributed by atoms with E-state index in [1.807, 2.05) is 19.1 Å². The van der Waals surface area contributed by atoms with Crippen molar-refractivity contribution in [2.75, 3.05) is 0 Å². The Kier molecular flexibility index (Phi) is 4.65. The van der Waals surface area contributed by atoms with Crippen molar-refractivity contribution in [3.63, 3.8) is 0 Å². The minimum atomic E-state index is -0.102. The van der Waals surface area contributed by atoms with Crippen molar-refractivity contribution in [1.82, 2.24) is 0 Å². The number of benzene rings is 1. The van der Waals surface area contributed by atoms with Gasteiger partial charge in [-0.3, -0.25) is 0 Å². The standard InChI is InChI=1S/C21H30O3/c1-5-6-7-8-14-11-16(22)19(17(23)12-14)18-15(13(2)3)9-10-21(4)20(18)24-21/h11-12,15,18,20,22-23H,2,5-10H2,1,3-4H3. The molecule has 3 nitrogen and oxygen atoms in total. The summed E-state index contributed by atoms with van der Waals surface area (Å²) in [6, 6.07) is 3.66. The number of allylic oxidation sites excluding steroid dienone is 1. The third kappa shape index (κ3) is 3.06. The first kappa shape index (κ1) is 17.3. The lowest BCUT2D eigenvalue weighted by atomic mass is 9.69. The number of phenolic OH excluding ortho intramolecular Hbond substituents is 2. The predicted octanol–water partition coefficient (Wildman–Crippen LogP) is 5.06. The Hall–Kier alpha value is -1.48. The fourth-order valence-corrected chi connectivity index (χ4v) is 4.39. The Labute approximate surface area is 145 Å². The lowest BCUT2D eigenvalue weighted by molar-refractivity contribution is 0.302. The first-order valence-corrected chi connectivity index (χ1v) is 9.25. The van der Waals surface area contributed by atoms with Crippen LogP contribution in [0.1, 0.15) is 69.9 Å². The van der Waals surface area contributed by atoms with Gasteiger partial charge in [0.15, 0.2) is 0 Å². The SMILES string of the molecule is C=C(C)C1CCC2(C)OC2C1c1c(O)cc(CCCCC)cc1O. The van der Waals surface area contributed by atoms with Crippen molar-refractivity contribution in [3.8, 4) is 11.5 Å². The van der Waals surface area contributed by atoms with Gasteiger partial charge in [-0.1, -0.05) is 31.9 Å². The van der Waals surface area contributed by atoms with Gasteiger partial charge in [0.05, 0.1) is 11.7 Å². The normalized spacial score (nSPS) is 31.5. The lowest BCUT2D eigenvalue weighted by Crippen LogP contribution is -2.30. The van der Waals surface area contributed by atoms with E-state index in [4.69, 9.17) is 4.74 Å². The molecule has 1 heterocycles. The molecule has 1 aliphatic carbocycles. The molecule has 2 N–H and O–H groups in total. The largest absolute Gasteiger partial charge is 0.508 e. The van der Waals surface area contributed by atoms with Crippen LogP contribution in [0.2, 0.25) is 0 Å². The second-order valence-corrected chi connectivity index (χ2v) is 7.87. The van der Waals surface area contributed by atoms with Crippen LogP contribution in [0.15, 0.2) is 24.3 Å². The number of epoxide rings is 1. The predicted molar refractivity (Wildman–Crippen MR) is 96.6 cm³/mol. The highest BCUT2D eigenvalue weighted by molar-refractivity contribution is 5.51. The first-order valence-electron chi connectivity index (χ1n) is 9.25. The summed E-state index contributed by atoms with van der Waals surface area (Å²) in [5.41, 5.74) is 2.65. The Balaban J connectivity index is 1.91. The van der Waals surface area contributed by atoms with Gasteiger partial charge < -0.3 is 14.9 Å². The first-order chi connectivity index (χ1) is 11.4. The van der Waals surface area contributed by atoms with Crippen molar-refractivity contribution >= 4 is 0 Å². The summed E-state index contributed by atoms with van der Waals surface area (Å²) < 4.78 is 5.97. The number of rotatable bonds is 6. The molecule has 132 valence electrons. The molecule has 1 aromatic rings. The van der Waals surface area contributed by atoms with Gasteiger partial charge in [-0.2, -0.15) is 0 Å². The molecule has 2 aliphatic rings. The quantitative estimate of drug-likeness (QED) is 0.435. The third-order valence-electron chi connectivity index (χ3n) is 5.88. The Bertz CT molecular complexity index is 613. The molecule has 1 aromatic carbocycles. The van der Waals surface area contributed by atoms with Gasteiger partial charge in [0.25, 0.3) is 0 Å². The molecule has 3 heteroatoms. The Morgan fingerprint density at radius 1 is 1.29 bits per heavy atom. The highest BCUT2D eigenvalue weighted by Gasteiger charge is 2.61. The summed E-state index contributed by atoms with van der Waals surface area (Å²) in [5.74, 6) is 0.647. The molecule has 2 fully saturated rings. The number of hydrogen-bond donors (Lipinski definition) is 2. The summed E-state index contributed by atoms with van der Waals surface area (Å²) in [7, 11) is 0. The number of unbranched alkanes of at least 4 members (excludes halogenated alkanes) is 2. The monoisotopic (exact) mass is 330 g/mol. The van der Waals surface area contributed by atoms with Crippen molar-refractivity contribution in [2.45, 2.75) is 76.9 Å². The van der Waals surface area contributed by atoms with Gasteiger partial charge in [0, 0.05) is 11.5 Å². The van der Waals surface area contributed by atoms with Gasteiger partial charge in [0.2, 0.25) is 0 Å². The molecule has 0 bridgehead atoms. The molecular formula is C21H30O3. The summed E-state index contributed by atoms with van der Waals surface area (Å²) in [6.45, 7) is 10.5. The average Bonchev–Trinajstić information content (AvgIpc) is 3.19. The van der Waals surface area contributed by atoms with Gasteiger partial charge in [-0.15, -0.1) is 0 Å². The Morgan fingerprint density at radius 2 is 1.96 bits per heavy atom. The van der Waals surface area contributed by atoms with E-state index >= 15 is 0 Å². The van der Waals surface area contributed by atoms with E-state index in [1.54, 1.807) is 0 Å². The molecule has 4 atom stereocenters. The van der Waals surface area contributed by atoms with Crippen molar-refractivity contribution in [1.29, 1.82) is 0 Å². The summed E-state index contributed by atoms with van der Waals surface area (Å²) in [5, 5.41) is 21.3. The maximum atomic E-state index is 10.7. The number of fused-ring (bicyclic) bond motifs is 1. The maximum Gasteiger partial charge on any atom is 0.123 e. The molecule has 1 saturated heterocycles. The van der Waals surface area contributed by atoms with Gasteiger partial charge in [-0.05, 0) is 63.1 Å². The second kappa shape index (κ2) is 6.44. The lowest BCUT2D eigenvalue weighted by Gasteiger charge is -2.33. The van der Waals surface area contributed by atoms with Crippen LogP contribution in [0.4, 0.5) is 0 Å². The highest BCUT2D eigenvalue weighted by atomic mass is 16.6. The topological polar surface area (TPSA) is 53.0 Å². The molecular weight excluding hydrogens is 300 g/mol. The van der Waals surface area contributed by atoms with E-state index in [0.29, 0.717) is 5.56 Å². The number of aromatic hydroxyl groups is 2. The van der Waals surface area contributed by atoms with Crippen LogP contribution < -0.4 is 0 Å². The molecule has 0 amide bonds. The van der Waals surface area contributed by atoms with Crippen molar-refractivity contribution in [2.24, 2.45) is 5.92 Å². The molecule has 4 unspecified atom stereocenters. The zero-order valence-electron chi connectivity index (χ0n) is 15.1. The zero-order chi connectivity index (χ0) is 17.5. The van der Waals surface area contributed by atoms with Crippen LogP contribution in [0.25, 0.3) is 0 Å². The average molecular weight is 330 g/mol. The van der Waals surface area contributed by atoms with Crippen LogP contribution in [-0.2, 0) is 11.2 Å². The summed E-state index contributed by atoms with van der Waals surface area (Å²) >= 11 is 0. The van der Waals surface area contributed by atoms with Crippen LogP contribution in [-0.4, -0.2) is 21.9 Å². The van der Waals surface area contributed by atoms with Crippen LogP contribution in [0, 0.1) is 5.92 Å². The number of phenols is 2. The van der Waals surface area contributed by atoms with E-state index < -0.39 is 0 Å². The van der Waals surface area contributed by atoms with E-state index in [2.05, 4.69) is 20.4 Å². The van der Waals surface area contributed by atoms with E-state index in [0.717, 1.165) is 49.7 Å². The van der Waals surface area contributed by atoms with Crippen molar-refractivity contribution < 1.29 is 14.9 Å². The molecule has 3 rings (SSSR count). The zero-order valence-corrected chi connectivity index (χ0v) is 15.1. The molecule has 24 heavy (non-hydrogen) atoms. The van der Waals surface area contributed by atoms with Crippen LogP contribution in [0.3, 0.4) is 0 Å². The van der Waals surface area contributed by atoms with Crippen LogP contribution in [0.5, 0.6) is 11.5 Å². The number of aryl methyl sites for hydroxylation is 1. The van der Waals surface area contributed by atoms with Crippen LogP contribution >= 0.6 is 0 Å². The van der Waals surface area contributed by atoms with E-state index in [-0.39, 0.29) is 35.0 Å². The van der Waals surface area contributed by atoms with Gasteiger partial charge >= 0.3 is 0 Å². The molecule has 1 saturated carbocycles. The molecule has 1 aliphatic heterocycles. The highest BCUT2D eigenvalue weighted by Crippen LogP contribution is 2.60. The van der Waals surface area contributed by atoms with Gasteiger partial charge in [0.1, 0.15) is 11.5 Å². The maximum absolute atomic E-state index is 10.7. The van der Waals surface area contributed by atoms with E-state index in [9.17, 15) is 10.2 Å².